The first-order valence-electron chi connectivity index (χ1n) is 10.7. The number of rotatable bonds is 18. The van der Waals surface area contributed by atoms with E-state index in [-0.39, 0.29) is 19.2 Å². The number of carbonyl (C=O) groups is 1. The van der Waals surface area contributed by atoms with Crippen molar-refractivity contribution in [2.24, 2.45) is 0 Å². The normalized spacial score (nSPS) is 13.4. The standard InChI is InChI=1S/C24H40O4/c1-3-5-6-7-8-9-10-11-12-13-14-15-16-17-18-19-20-27-22-23(21-25)28-24(26)4-2/h5-6,8-9,11-12,14-15,23,25H,3-4,7,10,13,16-22H2,1-2H3/b6-5-,9-8-,12-11-,15-14-. The summed E-state index contributed by atoms with van der Waals surface area (Å²) in [5.74, 6) is -0.305. The van der Waals surface area contributed by atoms with Crippen LogP contribution in [-0.4, -0.2) is 37.0 Å². The highest BCUT2D eigenvalue weighted by molar-refractivity contribution is 5.69. The van der Waals surface area contributed by atoms with Gasteiger partial charge in [0.1, 0.15) is 6.10 Å². The van der Waals surface area contributed by atoms with Gasteiger partial charge in [-0.2, -0.15) is 0 Å². The number of unbranched alkanes of at least 4 members (excludes halogenated alkanes) is 3. The lowest BCUT2D eigenvalue weighted by molar-refractivity contribution is -0.154. The quantitative estimate of drug-likeness (QED) is 0.185. The van der Waals surface area contributed by atoms with Crippen molar-refractivity contribution in [3.05, 3.63) is 48.6 Å². The van der Waals surface area contributed by atoms with Crippen molar-refractivity contribution >= 4 is 5.97 Å². The van der Waals surface area contributed by atoms with Gasteiger partial charge in [-0.25, -0.2) is 0 Å². The molecule has 0 fully saturated rings. The van der Waals surface area contributed by atoms with Gasteiger partial charge in [0.25, 0.3) is 0 Å². The highest BCUT2D eigenvalue weighted by Gasteiger charge is 2.11. The summed E-state index contributed by atoms with van der Waals surface area (Å²) in [5, 5.41) is 9.14. The summed E-state index contributed by atoms with van der Waals surface area (Å²) in [6.07, 6.45) is 25.9. The molecule has 0 aliphatic rings. The fourth-order valence-corrected chi connectivity index (χ4v) is 2.35. The molecule has 1 N–H and O–H groups in total. The third kappa shape index (κ3) is 19.1. The molecule has 0 aliphatic carbocycles. The molecule has 28 heavy (non-hydrogen) atoms. The Labute approximate surface area is 172 Å². The fraction of sp³-hybridized carbons (Fsp3) is 0.625. The van der Waals surface area contributed by atoms with E-state index in [1.807, 2.05) is 0 Å². The van der Waals surface area contributed by atoms with Crippen molar-refractivity contribution in [2.45, 2.75) is 77.7 Å². The number of carbonyl (C=O) groups excluding carboxylic acids is 1. The van der Waals surface area contributed by atoms with E-state index in [0.29, 0.717) is 13.0 Å². The molecule has 0 aliphatic heterocycles. The maximum Gasteiger partial charge on any atom is 0.305 e. The van der Waals surface area contributed by atoms with Crippen LogP contribution in [0.2, 0.25) is 0 Å². The van der Waals surface area contributed by atoms with Crippen LogP contribution in [0.1, 0.15) is 71.6 Å². The molecular weight excluding hydrogens is 352 g/mol. The summed E-state index contributed by atoms with van der Waals surface area (Å²) >= 11 is 0. The second-order valence-corrected chi connectivity index (χ2v) is 6.57. The van der Waals surface area contributed by atoms with Gasteiger partial charge in [-0.3, -0.25) is 4.79 Å². The van der Waals surface area contributed by atoms with Crippen LogP contribution in [0.25, 0.3) is 0 Å². The van der Waals surface area contributed by atoms with E-state index >= 15 is 0 Å². The average molecular weight is 393 g/mol. The largest absolute Gasteiger partial charge is 0.457 e. The van der Waals surface area contributed by atoms with E-state index in [0.717, 1.165) is 51.4 Å². The third-order valence-electron chi connectivity index (χ3n) is 3.97. The number of aliphatic hydroxyl groups is 1. The van der Waals surface area contributed by atoms with Crippen molar-refractivity contribution in [3.8, 4) is 0 Å². The number of hydrogen-bond donors (Lipinski definition) is 1. The van der Waals surface area contributed by atoms with Crippen molar-refractivity contribution in [1.82, 2.24) is 0 Å². The van der Waals surface area contributed by atoms with E-state index in [2.05, 4.69) is 55.5 Å². The third-order valence-corrected chi connectivity index (χ3v) is 3.97. The topological polar surface area (TPSA) is 55.8 Å². The Morgan fingerprint density at radius 1 is 0.857 bits per heavy atom. The molecule has 1 atom stereocenters. The molecule has 160 valence electrons. The van der Waals surface area contributed by atoms with Crippen LogP contribution in [0.5, 0.6) is 0 Å². The average Bonchev–Trinajstić information content (AvgIpc) is 2.71. The van der Waals surface area contributed by atoms with Gasteiger partial charge in [0.05, 0.1) is 13.2 Å². The zero-order valence-electron chi connectivity index (χ0n) is 17.9. The Balaban J connectivity index is 3.47. The molecule has 4 nitrogen and oxygen atoms in total. The van der Waals surface area contributed by atoms with Gasteiger partial charge in [-0.15, -0.1) is 0 Å². The maximum atomic E-state index is 11.2. The van der Waals surface area contributed by atoms with Gasteiger partial charge in [-0.1, -0.05) is 68.9 Å². The molecular formula is C24H40O4. The van der Waals surface area contributed by atoms with Gasteiger partial charge in [-0.05, 0) is 44.9 Å². The van der Waals surface area contributed by atoms with Crippen molar-refractivity contribution in [3.63, 3.8) is 0 Å². The van der Waals surface area contributed by atoms with E-state index in [4.69, 9.17) is 14.6 Å². The van der Waals surface area contributed by atoms with Gasteiger partial charge in [0, 0.05) is 13.0 Å². The minimum Gasteiger partial charge on any atom is -0.457 e. The molecule has 0 saturated heterocycles. The predicted molar refractivity (Wildman–Crippen MR) is 117 cm³/mol. The molecule has 0 spiro atoms. The smallest absolute Gasteiger partial charge is 0.305 e. The zero-order valence-corrected chi connectivity index (χ0v) is 17.9. The lowest BCUT2D eigenvalue weighted by Gasteiger charge is -2.15. The van der Waals surface area contributed by atoms with Gasteiger partial charge >= 0.3 is 5.97 Å². The molecule has 1 unspecified atom stereocenters. The second-order valence-electron chi connectivity index (χ2n) is 6.57. The molecule has 0 saturated carbocycles. The van der Waals surface area contributed by atoms with Gasteiger partial charge < -0.3 is 14.6 Å². The lowest BCUT2D eigenvalue weighted by Crippen LogP contribution is -2.27. The summed E-state index contributed by atoms with van der Waals surface area (Å²) < 4.78 is 10.5. The maximum absolute atomic E-state index is 11.2. The fourth-order valence-electron chi connectivity index (χ4n) is 2.35. The predicted octanol–water partition coefficient (Wildman–Crippen LogP) is 5.68. The van der Waals surface area contributed by atoms with E-state index in [1.165, 1.54) is 0 Å². The monoisotopic (exact) mass is 392 g/mol. The van der Waals surface area contributed by atoms with Crippen molar-refractivity contribution in [1.29, 1.82) is 0 Å². The Bertz CT molecular complexity index is 463. The zero-order chi connectivity index (χ0) is 20.7. The lowest BCUT2D eigenvalue weighted by atomic mass is 10.2. The van der Waals surface area contributed by atoms with E-state index < -0.39 is 6.10 Å². The van der Waals surface area contributed by atoms with Crippen LogP contribution >= 0.6 is 0 Å². The number of allylic oxidation sites excluding steroid dienone is 8. The molecule has 0 aromatic carbocycles. The second kappa shape index (κ2) is 21.6. The number of ether oxygens (including phenoxy) is 2. The molecule has 0 rings (SSSR count). The van der Waals surface area contributed by atoms with Crippen LogP contribution in [0, 0.1) is 0 Å². The molecule has 0 radical (unpaired) electrons. The molecule has 4 heteroatoms. The number of aliphatic hydroxyl groups excluding tert-OH is 1. The molecule has 0 aromatic rings. The highest BCUT2D eigenvalue weighted by Crippen LogP contribution is 2.03. The van der Waals surface area contributed by atoms with Gasteiger partial charge in [0.2, 0.25) is 0 Å². The number of hydrogen-bond acceptors (Lipinski definition) is 4. The highest BCUT2D eigenvalue weighted by atomic mass is 16.6. The van der Waals surface area contributed by atoms with Gasteiger partial charge in [0.15, 0.2) is 0 Å². The van der Waals surface area contributed by atoms with Crippen molar-refractivity contribution < 1.29 is 19.4 Å². The number of esters is 1. The molecule has 0 bridgehead atoms. The first-order valence-corrected chi connectivity index (χ1v) is 10.7. The Morgan fingerprint density at radius 3 is 2.04 bits per heavy atom. The minimum atomic E-state index is -0.545. The molecule has 0 aromatic heterocycles. The minimum absolute atomic E-state index is 0.197. The van der Waals surface area contributed by atoms with Crippen molar-refractivity contribution in [2.75, 3.05) is 19.8 Å². The van der Waals surface area contributed by atoms with E-state index in [1.54, 1.807) is 6.92 Å². The summed E-state index contributed by atoms with van der Waals surface area (Å²) in [5.41, 5.74) is 0. The SMILES string of the molecule is CC/C=C\C/C=C\C/C=C\C/C=C\CCCCCOCC(CO)OC(=O)CC. The Morgan fingerprint density at radius 2 is 1.46 bits per heavy atom. The summed E-state index contributed by atoms with van der Waals surface area (Å²) in [4.78, 5) is 11.2. The first kappa shape index (κ1) is 26.4. The molecule has 0 amide bonds. The van der Waals surface area contributed by atoms with Crippen LogP contribution < -0.4 is 0 Å². The molecule has 0 heterocycles. The van der Waals surface area contributed by atoms with Crippen LogP contribution in [-0.2, 0) is 14.3 Å². The van der Waals surface area contributed by atoms with Crippen LogP contribution in [0.3, 0.4) is 0 Å². The summed E-state index contributed by atoms with van der Waals surface area (Å²) in [6, 6.07) is 0. The Kier molecular flexibility index (Phi) is 20.4. The summed E-state index contributed by atoms with van der Waals surface area (Å²) in [7, 11) is 0. The Hall–Kier alpha value is -1.65. The van der Waals surface area contributed by atoms with Crippen LogP contribution in [0.4, 0.5) is 0 Å². The summed E-state index contributed by atoms with van der Waals surface area (Å²) in [6.45, 7) is 4.58. The first-order chi connectivity index (χ1) is 13.7. The van der Waals surface area contributed by atoms with E-state index in [9.17, 15) is 4.79 Å². The van der Waals surface area contributed by atoms with Crippen LogP contribution in [0.15, 0.2) is 48.6 Å².